The van der Waals surface area contributed by atoms with E-state index in [0.717, 1.165) is 26.9 Å². The first-order valence-electron chi connectivity index (χ1n) is 6.02. The molecule has 1 N–H and O–H groups in total. The van der Waals surface area contributed by atoms with E-state index in [1.54, 1.807) is 11.3 Å². The molecule has 0 radical (unpaired) electrons. The molecule has 0 fully saturated rings. The number of aromatic nitrogens is 1. The van der Waals surface area contributed by atoms with Crippen molar-refractivity contribution in [3.8, 4) is 0 Å². The molecule has 3 aromatic rings. The number of halogens is 1. The highest BCUT2D eigenvalue weighted by Gasteiger charge is 2.06. The van der Waals surface area contributed by atoms with Crippen LogP contribution in [0.1, 0.15) is 11.1 Å². The molecule has 0 amide bonds. The Bertz CT molecular complexity index is 749. The van der Waals surface area contributed by atoms with Gasteiger partial charge in [-0.3, -0.25) is 0 Å². The van der Waals surface area contributed by atoms with Crippen LogP contribution in [0.3, 0.4) is 0 Å². The fraction of sp³-hybridized carbons (Fsp3) is 0.133. The lowest BCUT2D eigenvalue weighted by atomic mass is 10.2. The number of nitrogens with zero attached hydrogens (tertiary/aromatic N) is 1. The van der Waals surface area contributed by atoms with Gasteiger partial charge < -0.3 is 5.32 Å². The molecule has 4 heteroatoms. The fourth-order valence-corrected chi connectivity index (χ4v) is 3.07. The van der Waals surface area contributed by atoms with E-state index < -0.39 is 0 Å². The zero-order chi connectivity index (χ0) is 13.4. The van der Waals surface area contributed by atoms with Crippen LogP contribution < -0.4 is 5.32 Å². The highest BCUT2D eigenvalue weighted by molar-refractivity contribution is 7.22. The lowest BCUT2D eigenvalue weighted by molar-refractivity contribution is 1.41. The summed E-state index contributed by atoms with van der Waals surface area (Å²) in [5, 5.41) is 4.87. The van der Waals surface area contributed by atoms with Crippen molar-refractivity contribution in [1.29, 1.82) is 0 Å². The number of thiazole rings is 1. The van der Waals surface area contributed by atoms with E-state index in [-0.39, 0.29) is 0 Å². The minimum absolute atomic E-state index is 0.718. The summed E-state index contributed by atoms with van der Waals surface area (Å²) in [5.74, 6) is 0. The molecular weight excluding hydrogens is 276 g/mol. The van der Waals surface area contributed by atoms with E-state index in [0.29, 0.717) is 0 Å². The largest absolute Gasteiger partial charge is 0.330 e. The molecule has 1 heterocycles. The number of rotatable bonds is 2. The predicted molar refractivity (Wildman–Crippen MR) is 83.8 cm³/mol. The number of hydrogen-bond donors (Lipinski definition) is 1. The summed E-state index contributed by atoms with van der Waals surface area (Å²) < 4.78 is 1.18. The van der Waals surface area contributed by atoms with Crippen LogP contribution in [0.2, 0.25) is 5.02 Å². The second-order valence-corrected chi connectivity index (χ2v) is 6.04. The summed E-state index contributed by atoms with van der Waals surface area (Å²) >= 11 is 7.85. The third-order valence-electron chi connectivity index (χ3n) is 2.91. The van der Waals surface area contributed by atoms with Gasteiger partial charge in [-0.05, 0) is 49.2 Å². The minimum Gasteiger partial charge on any atom is -0.330 e. The summed E-state index contributed by atoms with van der Waals surface area (Å²) in [4.78, 5) is 4.58. The molecule has 0 aliphatic heterocycles. The van der Waals surface area contributed by atoms with E-state index in [1.165, 1.54) is 10.3 Å². The van der Waals surface area contributed by atoms with Gasteiger partial charge in [0, 0.05) is 0 Å². The predicted octanol–water partition coefficient (Wildman–Crippen LogP) is 5.31. The van der Waals surface area contributed by atoms with Crippen LogP contribution in [-0.4, -0.2) is 4.98 Å². The second-order valence-electron chi connectivity index (χ2n) is 4.60. The lowest BCUT2D eigenvalue weighted by Gasteiger charge is -2.05. The molecule has 19 heavy (non-hydrogen) atoms. The van der Waals surface area contributed by atoms with Crippen LogP contribution in [0.25, 0.3) is 10.2 Å². The van der Waals surface area contributed by atoms with E-state index in [4.69, 9.17) is 11.6 Å². The van der Waals surface area contributed by atoms with Crippen LogP contribution in [0.4, 0.5) is 10.8 Å². The van der Waals surface area contributed by atoms with Gasteiger partial charge in [0.05, 0.1) is 20.9 Å². The maximum Gasteiger partial charge on any atom is 0.188 e. The number of anilines is 2. The third-order valence-corrected chi connectivity index (χ3v) is 4.17. The number of benzene rings is 2. The summed E-state index contributed by atoms with van der Waals surface area (Å²) in [6.45, 7) is 4.10. The molecule has 0 saturated heterocycles. The van der Waals surface area contributed by atoms with Gasteiger partial charge in [0.25, 0.3) is 0 Å². The quantitative estimate of drug-likeness (QED) is 0.691. The Balaban J connectivity index is 1.96. The Hall–Kier alpha value is -1.58. The standard InChI is InChI=1S/C15H13ClN2S/c1-9-3-5-12(11(16)7-9)17-15-18-13-8-10(2)4-6-14(13)19-15/h3-8H,1-2H3,(H,17,18). The smallest absolute Gasteiger partial charge is 0.188 e. The van der Waals surface area contributed by atoms with Crippen molar-refractivity contribution in [2.45, 2.75) is 13.8 Å². The molecule has 0 aliphatic rings. The van der Waals surface area contributed by atoms with Crippen molar-refractivity contribution in [2.24, 2.45) is 0 Å². The van der Waals surface area contributed by atoms with Crippen LogP contribution in [0, 0.1) is 13.8 Å². The average molecular weight is 289 g/mol. The van der Waals surface area contributed by atoms with Crippen molar-refractivity contribution >= 4 is 44.0 Å². The normalized spacial score (nSPS) is 10.9. The van der Waals surface area contributed by atoms with E-state index in [1.807, 2.05) is 25.1 Å². The minimum atomic E-state index is 0.718. The van der Waals surface area contributed by atoms with Gasteiger partial charge in [0.15, 0.2) is 5.13 Å². The first-order valence-corrected chi connectivity index (χ1v) is 7.21. The number of aryl methyl sites for hydroxylation is 2. The second kappa shape index (κ2) is 4.83. The molecule has 2 nitrogen and oxygen atoms in total. The first kappa shape index (κ1) is 12.5. The first-order chi connectivity index (χ1) is 9.11. The van der Waals surface area contributed by atoms with Crippen LogP contribution in [-0.2, 0) is 0 Å². The van der Waals surface area contributed by atoms with Crippen LogP contribution >= 0.6 is 22.9 Å². The number of fused-ring (bicyclic) bond motifs is 1. The Morgan fingerprint density at radius 2 is 1.79 bits per heavy atom. The van der Waals surface area contributed by atoms with Crippen molar-refractivity contribution in [1.82, 2.24) is 4.98 Å². The highest BCUT2D eigenvalue weighted by Crippen LogP contribution is 2.31. The molecule has 1 aromatic heterocycles. The van der Waals surface area contributed by atoms with E-state index >= 15 is 0 Å². The Kier molecular flexibility index (Phi) is 3.17. The van der Waals surface area contributed by atoms with Gasteiger partial charge in [-0.15, -0.1) is 0 Å². The summed E-state index contributed by atoms with van der Waals surface area (Å²) in [7, 11) is 0. The van der Waals surface area contributed by atoms with Crippen LogP contribution in [0.5, 0.6) is 0 Å². The molecule has 0 bridgehead atoms. The van der Waals surface area contributed by atoms with Gasteiger partial charge in [-0.2, -0.15) is 0 Å². The molecule has 0 spiro atoms. The molecule has 0 aliphatic carbocycles. The monoisotopic (exact) mass is 288 g/mol. The topological polar surface area (TPSA) is 24.9 Å². The molecule has 3 rings (SSSR count). The number of nitrogens with one attached hydrogen (secondary N) is 1. The van der Waals surface area contributed by atoms with Gasteiger partial charge in [0.2, 0.25) is 0 Å². The molecule has 0 atom stereocenters. The Labute approximate surface area is 121 Å². The highest BCUT2D eigenvalue weighted by atomic mass is 35.5. The zero-order valence-corrected chi connectivity index (χ0v) is 12.3. The average Bonchev–Trinajstić information content (AvgIpc) is 2.74. The zero-order valence-electron chi connectivity index (χ0n) is 10.7. The van der Waals surface area contributed by atoms with Gasteiger partial charge >= 0.3 is 0 Å². The van der Waals surface area contributed by atoms with E-state index in [2.05, 4.69) is 35.4 Å². The Morgan fingerprint density at radius 1 is 1.05 bits per heavy atom. The lowest BCUT2D eigenvalue weighted by Crippen LogP contribution is -1.90. The molecule has 0 unspecified atom stereocenters. The van der Waals surface area contributed by atoms with Crippen LogP contribution in [0.15, 0.2) is 36.4 Å². The maximum atomic E-state index is 6.22. The molecule has 2 aromatic carbocycles. The van der Waals surface area contributed by atoms with E-state index in [9.17, 15) is 0 Å². The Morgan fingerprint density at radius 3 is 2.58 bits per heavy atom. The molecule has 96 valence electrons. The maximum absolute atomic E-state index is 6.22. The summed E-state index contributed by atoms with van der Waals surface area (Å²) in [6, 6.07) is 12.3. The fourth-order valence-electron chi connectivity index (χ4n) is 1.93. The van der Waals surface area contributed by atoms with Crippen molar-refractivity contribution in [3.05, 3.63) is 52.5 Å². The number of hydrogen-bond acceptors (Lipinski definition) is 3. The summed E-state index contributed by atoms with van der Waals surface area (Å²) in [5.41, 5.74) is 4.28. The third kappa shape index (κ3) is 2.57. The van der Waals surface area contributed by atoms with Gasteiger partial charge in [-0.25, -0.2) is 4.98 Å². The van der Waals surface area contributed by atoms with Gasteiger partial charge in [0.1, 0.15) is 0 Å². The molecule has 0 saturated carbocycles. The van der Waals surface area contributed by atoms with Crippen molar-refractivity contribution in [2.75, 3.05) is 5.32 Å². The van der Waals surface area contributed by atoms with Crippen molar-refractivity contribution in [3.63, 3.8) is 0 Å². The van der Waals surface area contributed by atoms with Gasteiger partial charge in [-0.1, -0.05) is 35.1 Å². The van der Waals surface area contributed by atoms with Crippen molar-refractivity contribution < 1.29 is 0 Å². The summed E-state index contributed by atoms with van der Waals surface area (Å²) in [6.07, 6.45) is 0. The SMILES string of the molecule is Cc1ccc(Nc2nc3cc(C)ccc3s2)c(Cl)c1. The molecular formula is C15H13ClN2S.